The minimum Gasteiger partial charge on any atom is -0.504 e. The summed E-state index contributed by atoms with van der Waals surface area (Å²) in [5.41, 5.74) is 2.21. The number of hydrogen-bond donors (Lipinski definition) is 1. The van der Waals surface area contributed by atoms with Crippen LogP contribution in [0.5, 0.6) is 11.5 Å². The number of hydrogen-bond acceptors (Lipinski definition) is 4. The van der Waals surface area contributed by atoms with Gasteiger partial charge in [-0.2, -0.15) is 0 Å². The smallest absolute Gasteiger partial charge is 0.160 e. The molecule has 0 aromatic heterocycles. The van der Waals surface area contributed by atoms with Crippen LogP contribution in [-0.2, 0) is 16.0 Å². The molecular weight excluding hydrogens is 316 g/mol. The van der Waals surface area contributed by atoms with Crippen LogP contribution in [0, 0.1) is 17.3 Å². The lowest BCUT2D eigenvalue weighted by molar-refractivity contribution is -0.149. The molecular formula is C21H28O4. The Bertz CT molecular complexity index is 697. The molecule has 0 bridgehead atoms. The normalized spacial score (nSPS) is 37.0. The monoisotopic (exact) mass is 344 g/mol. The number of carbonyl (C=O) groups is 1. The van der Waals surface area contributed by atoms with E-state index in [0.717, 1.165) is 38.5 Å². The van der Waals surface area contributed by atoms with E-state index in [0.29, 0.717) is 23.4 Å². The van der Waals surface area contributed by atoms with E-state index in [1.54, 1.807) is 14.2 Å². The van der Waals surface area contributed by atoms with E-state index in [2.05, 4.69) is 6.92 Å². The Balaban J connectivity index is 1.80. The molecule has 0 radical (unpaired) electrons. The Hall–Kier alpha value is -1.55. The van der Waals surface area contributed by atoms with Gasteiger partial charge in [0.2, 0.25) is 0 Å². The summed E-state index contributed by atoms with van der Waals surface area (Å²) in [5, 5.41) is 10.1. The van der Waals surface area contributed by atoms with Crippen LogP contribution in [0.3, 0.4) is 0 Å². The lowest BCUT2D eigenvalue weighted by Crippen LogP contribution is -2.54. The van der Waals surface area contributed by atoms with Crippen molar-refractivity contribution in [2.24, 2.45) is 17.3 Å². The van der Waals surface area contributed by atoms with Crippen molar-refractivity contribution >= 4 is 5.78 Å². The molecule has 0 heterocycles. The zero-order valence-corrected chi connectivity index (χ0v) is 15.4. The van der Waals surface area contributed by atoms with Gasteiger partial charge >= 0.3 is 0 Å². The van der Waals surface area contributed by atoms with Gasteiger partial charge in [0, 0.05) is 24.9 Å². The third-order valence-corrected chi connectivity index (χ3v) is 7.23. The van der Waals surface area contributed by atoms with Gasteiger partial charge in [0.25, 0.3) is 0 Å². The number of carbonyl (C=O) groups excluding carboxylic acids is 1. The molecule has 25 heavy (non-hydrogen) atoms. The van der Waals surface area contributed by atoms with Gasteiger partial charge in [-0.05, 0) is 67.2 Å². The highest BCUT2D eigenvalue weighted by Gasteiger charge is 2.56. The van der Waals surface area contributed by atoms with E-state index in [4.69, 9.17) is 9.47 Å². The van der Waals surface area contributed by atoms with Crippen molar-refractivity contribution in [3.05, 3.63) is 23.3 Å². The molecule has 2 saturated carbocycles. The molecule has 0 aliphatic heterocycles. The van der Waals surface area contributed by atoms with Gasteiger partial charge in [-0.15, -0.1) is 0 Å². The van der Waals surface area contributed by atoms with Gasteiger partial charge in [0.1, 0.15) is 5.78 Å². The SMILES string of the molecule is COc1cc2c(cc1O)CC[C@@H]1[C@@H]2[C@@H](OC)C[C@]2(C)C(=O)CCC[C@@H]12. The third-order valence-electron chi connectivity index (χ3n) is 7.23. The number of phenolic OH excluding ortho intramolecular Hbond substituents is 1. The van der Waals surface area contributed by atoms with Crippen LogP contribution in [0.15, 0.2) is 12.1 Å². The Morgan fingerprint density at radius 3 is 2.72 bits per heavy atom. The molecule has 0 spiro atoms. The van der Waals surface area contributed by atoms with E-state index < -0.39 is 0 Å². The lowest BCUT2D eigenvalue weighted by Gasteiger charge is -2.55. The summed E-state index contributed by atoms with van der Waals surface area (Å²) < 4.78 is 11.3. The lowest BCUT2D eigenvalue weighted by atomic mass is 9.49. The van der Waals surface area contributed by atoms with Crippen LogP contribution in [0.4, 0.5) is 0 Å². The maximum absolute atomic E-state index is 12.8. The Labute approximate surface area is 149 Å². The van der Waals surface area contributed by atoms with Gasteiger partial charge < -0.3 is 14.6 Å². The van der Waals surface area contributed by atoms with Crippen LogP contribution in [0.2, 0.25) is 0 Å². The number of Topliss-reactive ketones (excluding diaryl/α,β-unsaturated/α-hetero) is 1. The number of aryl methyl sites for hydroxylation is 1. The molecule has 2 fully saturated rings. The summed E-state index contributed by atoms with van der Waals surface area (Å²) >= 11 is 0. The molecule has 1 aromatic carbocycles. The van der Waals surface area contributed by atoms with E-state index in [1.165, 1.54) is 11.1 Å². The molecule has 3 aliphatic carbocycles. The predicted molar refractivity (Wildman–Crippen MR) is 95.1 cm³/mol. The standard InChI is InChI=1S/C21H28O4/c1-21-11-18(25-3)20-13(15(21)5-4-6-19(21)23)8-7-12-9-16(22)17(24-2)10-14(12)20/h9-10,13,15,18,20,22H,4-8,11H2,1-3H3/t13-,15-,18-,20-,21-/m0/s1. The first-order valence-corrected chi connectivity index (χ1v) is 9.45. The van der Waals surface area contributed by atoms with Crippen LogP contribution >= 0.6 is 0 Å². The average molecular weight is 344 g/mol. The number of aromatic hydroxyl groups is 1. The highest BCUT2D eigenvalue weighted by molar-refractivity contribution is 5.86. The molecule has 0 amide bonds. The Kier molecular flexibility index (Phi) is 4.06. The van der Waals surface area contributed by atoms with Crippen LogP contribution in [-0.4, -0.2) is 31.2 Å². The summed E-state index contributed by atoms with van der Waals surface area (Å²) in [6.07, 6.45) is 5.75. The highest BCUT2D eigenvalue weighted by Crippen LogP contribution is 2.59. The number of methoxy groups -OCH3 is 2. The summed E-state index contributed by atoms with van der Waals surface area (Å²) in [6.45, 7) is 2.17. The first-order chi connectivity index (χ1) is 12.0. The van der Waals surface area contributed by atoms with Crippen LogP contribution in [0.1, 0.15) is 56.1 Å². The highest BCUT2D eigenvalue weighted by atomic mass is 16.5. The first-order valence-electron chi connectivity index (χ1n) is 9.45. The van der Waals surface area contributed by atoms with E-state index in [9.17, 15) is 9.90 Å². The number of rotatable bonds is 2. The minimum atomic E-state index is -0.237. The third kappa shape index (κ3) is 2.41. The van der Waals surface area contributed by atoms with Crippen molar-refractivity contribution in [2.75, 3.05) is 14.2 Å². The molecule has 0 saturated heterocycles. The van der Waals surface area contributed by atoms with Gasteiger partial charge in [0.15, 0.2) is 11.5 Å². The molecule has 136 valence electrons. The van der Waals surface area contributed by atoms with Gasteiger partial charge in [0.05, 0.1) is 13.2 Å². The molecule has 4 nitrogen and oxygen atoms in total. The maximum atomic E-state index is 12.8. The summed E-state index contributed by atoms with van der Waals surface area (Å²) in [6, 6.07) is 3.86. The fourth-order valence-electron chi connectivity index (χ4n) is 6.00. The first kappa shape index (κ1) is 16.9. The molecule has 4 rings (SSSR count). The second-order valence-electron chi connectivity index (χ2n) is 8.27. The van der Waals surface area contributed by atoms with Crippen LogP contribution < -0.4 is 4.74 Å². The van der Waals surface area contributed by atoms with Crippen molar-refractivity contribution in [1.29, 1.82) is 0 Å². The summed E-state index contributed by atoms with van der Waals surface area (Å²) in [4.78, 5) is 12.8. The molecule has 5 atom stereocenters. The fraction of sp³-hybridized carbons (Fsp3) is 0.667. The molecule has 1 N–H and O–H groups in total. The topological polar surface area (TPSA) is 55.8 Å². The molecule has 3 aliphatic rings. The number of benzene rings is 1. The van der Waals surface area contributed by atoms with Crippen molar-refractivity contribution in [2.45, 2.75) is 57.5 Å². The largest absolute Gasteiger partial charge is 0.504 e. The number of phenols is 1. The van der Waals surface area contributed by atoms with Gasteiger partial charge in [-0.3, -0.25) is 4.79 Å². The van der Waals surface area contributed by atoms with Crippen molar-refractivity contribution < 1.29 is 19.4 Å². The number of ether oxygens (including phenoxy) is 2. The van der Waals surface area contributed by atoms with Crippen molar-refractivity contribution in [3.63, 3.8) is 0 Å². The quantitative estimate of drug-likeness (QED) is 0.885. The Morgan fingerprint density at radius 1 is 1.20 bits per heavy atom. The number of fused-ring (bicyclic) bond motifs is 5. The fourth-order valence-corrected chi connectivity index (χ4v) is 6.00. The Morgan fingerprint density at radius 2 is 2.00 bits per heavy atom. The zero-order valence-electron chi connectivity index (χ0n) is 15.4. The van der Waals surface area contributed by atoms with Crippen molar-refractivity contribution in [1.82, 2.24) is 0 Å². The maximum Gasteiger partial charge on any atom is 0.160 e. The minimum absolute atomic E-state index is 0.0431. The molecule has 1 aromatic rings. The van der Waals surface area contributed by atoms with Crippen molar-refractivity contribution in [3.8, 4) is 11.5 Å². The average Bonchev–Trinajstić information content (AvgIpc) is 2.61. The van der Waals surface area contributed by atoms with E-state index in [-0.39, 0.29) is 23.2 Å². The molecule has 4 heteroatoms. The summed E-state index contributed by atoms with van der Waals surface area (Å²) in [5.74, 6) is 2.36. The van der Waals surface area contributed by atoms with E-state index >= 15 is 0 Å². The van der Waals surface area contributed by atoms with E-state index in [1.807, 2.05) is 12.1 Å². The van der Waals surface area contributed by atoms with Gasteiger partial charge in [-0.1, -0.05) is 6.92 Å². The molecule has 0 unspecified atom stereocenters. The second kappa shape index (κ2) is 6.01. The number of ketones is 1. The van der Waals surface area contributed by atoms with Crippen LogP contribution in [0.25, 0.3) is 0 Å². The zero-order chi connectivity index (χ0) is 17.8. The van der Waals surface area contributed by atoms with Gasteiger partial charge in [-0.25, -0.2) is 0 Å². The predicted octanol–water partition coefficient (Wildman–Crippen LogP) is 3.84. The summed E-state index contributed by atoms with van der Waals surface area (Å²) in [7, 11) is 3.36. The second-order valence-corrected chi connectivity index (χ2v) is 8.27.